The van der Waals surface area contributed by atoms with Crippen LogP contribution in [0.2, 0.25) is 0 Å². The van der Waals surface area contributed by atoms with E-state index in [9.17, 15) is 8.42 Å². The van der Waals surface area contributed by atoms with Crippen molar-refractivity contribution in [1.29, 1.82) is 5.26 Å². The van der Waals surface area contributed by atoms with Gasteiger partial charge in [0.15, 0.2) is 0 Å². The number of nitriles is 1. The van der Waals surface area contributed by atoms with Crippen LogP contribution < -0.4 is 11.5 Å². The van der Waals surface area contributed by atoms with E-state index >= 15 is 0 Å². The maximum atomic E-state index is 12.9. The van der Waals surface area contributed by atoms with E-state index in [1.165, 1.54) is 5.56 Å². The van der Waals surface area contributed by atoms with E-state index in [0.717, 1.165) is 31.7 Å². The molecule has 1 aliphatic carbocycles. The number of anilines is 1. The molecule has 1 unspecified atom stereocenters. The van der Waals surface area contributed by atoms with Crippen molar-refractivity contribution in [2.75, 3.05) is 11.5 Å². The van der Waals surface area contributed by atoms with E-state index in [2.05, 4.69) is 0 Å². The number of nitrogens with two attached hydrogens (primary N) is 2. The SMILES string of the molecule is CC(C)(C(N)=BC#N)S(=O)(=O)CC1CCCc2ccc(N)cc21. The summed E-state index contributed by atoms with van der Waals surface area (Å²) in [7, 11) is -3.52. The van der Waals surface area contributed by atoms with Crippen LogP contribution in [-0.2, 0) is 16.3 Å². The number of nitrogens with zero attached hydrogens (tertiary/aromatic N) is 1. The van der Waals surface area contributed by atoms with Crippen LogP contribution in [-0.4, -0.2) is 31.4 Å². The van der Waals surface area contributed by atoms with Gasteiger partial charge in [-0.15, -0.1) is 0 Å². The number of hydrogen-bond donors (Lipinski definition) is 2. The predicted octanol–water partition coefficient (Wildman–Crippen LogP) is 1.16. The first-order chi connectivity index (χ1) is 10.7. The number of benzene rings is 1. The molecule has 0 fully saturated rings. The van der Waals surface area contributed by atoms with Crippen LogP contribution in [0.5, 0.6) is 0 Å². The van der Waals surface area contributed by atoms with Crippen molar-refractivity contribution in [1.82, 2.24) is 0 Å². The molecule has 1 aromatic carbocycles. The molecule has 23 heavy (non-hydrogen) atoms. The monoisotopic (exact) mass is 331 g/mol. The third-order valence-electron chi connectivity index (χ3n) is 4.72. The van der Waals surface area contributed by atoms with Crippen molar-refractivity contribution in [3.8, 4) is 5.97 Å². The second-order valence-electron chi connectivity index (χ2n) is 6.57. The molecule has 0 spiro atoms. The first-order valence-corrected chi connectivity index (χ1v) is 9.30. The van der Waals surface area contributed by atoms with Gasteiger partial charge in [0.2, 0.25) is 0 Å². The average Bonchev–Trinajstić information content (AvgIpc) is 2.47. The average molecular weight is 331 g/mol. The van der Waals surface area contributed by atoms with E-state index in [1.807, 2.05) is 18.2 Å². The van der Waals surface area contributed by atoms with Gasteiger partial charge in [0.25, 0.3) is 0 Å². The summed E-state index contributed by atoms with van der Waals surface area (Å²) >= 11 is 0. The third-order valence-corrected chi connectivity index (χ3v) is 7.35. The second-order valence-corrected chi connectivity index (χ2v) is 9.15. The fraction of sp³-hybridized carbons (Fsp3) is 0.500. The molecule has 7 heteroatoms. The summed E-state index contributed by atoms with van der Waals surface area (Å²) < 4.78 is 24.5. The molecule has 4 N–H and O–H groups in total. The molecule has 0 heterocycles. The number of aryl methyl sites for hydroxylation is 1. The molecule has 0 saturated heterocycles. The van der Waals surface area contributed by atoms with Gasteiger partial charge in [0.05, 0.1) is 0 Å². The Hall–Kier alpha value is -1.81. The first-order valence-electron chi connectivity index (χ1n) is 7.65. The molecule has 0 aliphatic heterocycles. The van der Waals surface area contributed by atoms with Gasteiger partial charge in [-0.25, -0.2) is 0 Å². The van der Waals surface area contributed by atoms with E-state index in [4.69, 9.17) is 16.7 Å². The van der Waals surface area contributed by atoms with Gasteiger partial charge in [-0.05, 0) is 0 Å². The summed E-state index contributed by atoms with van der Waals surface area (Å²) in [6, 6.07) is 5.72. The summed E-state index contributed by atoms with van der Waals surface area (Å²) in [5.74, 6) is 1.73. The Morgan fingerprint density at radius 2 is 2.17 bits per heavy atom. The Morgan fingerprint density at radius 3 is 2.83 bits per heavy atom. The van der Waals surface area contributed by atoms with Gasteiger partial charge in [0, 0.05) is 0 Å². The molecule has 1 aromatic rings. The van der Waals surface area contributed by atoms with E-state index < -0.39 is 14.6 Å². The van der Waals surface area contributed by atoms with Crippen LogP contribution >= 0.6 is 0 Å². The first kappa shape index (κ1) is 17.5. The number of hydrogen-bond acceptors (Lipinski definition) is 5. The van der Waals surface area contributed by atoms with Crippen molar-refractivity contribution in [3.63, 3.8) is 0 Å². The molecule has 0 amide bonds. The molecule has 0 saturated carbocycles. The molecule has 122 valence electrons. The third kappa shape index (κ3) is 3.42. The van der Waals surface area contributed by atoms with Crippen molar-refractivity contribution in [3.05, 3.63) is 29.3 Å². The van der Waals surface area contributed by atoms with Gasteiger partial charge < -0.3 is 0 Å². The number of nitrogen functional groups attached to an aromatic ring is 1. The van der Waals surface area contributed by atoms with Crippen LogP contribution in [0.15, 0.2) is 18.2 Å². The fourth-order valence-corrected chi connectivity index (χ4v) is 4.70. The van der Waals surface area contributed by atoms with Crippen LogP contribution in [0, 0.1) is 11.2 Å². The molecule has 0 bridgehead atoms. The van der Waals surface area contributed by atoms with Gasteiger partial charge in [-0.2, -0.15) is 0 Å². The van der Waals surface area contributed by atoms with Crippen LogP contribution in [0.4, 0.5) is 5.69 Å². The zero-order valence-corrected chi connectivity index (χ0v) is 14.4. The number of rotatable bonds is 4. The molecule has 0 radical (unpaired) electrons. The zero-order valence-electron chi connectivity index (χ0n) is 13.5. The van der Waals surface area contributed by atoms with E-state index in [1.54, 1.807) is 19.8 Å². The minimum atomic E-state index is -3.52. The predicted molar refractivity (Wildman–Crippen MR) is 95.0 cm³/mol. The molecule has 2 rings (SSSR count). The number of fused-ring (bicyclic) bond motifs is 1. The summed E-state index contributed by atoms with van der Waals surface area (Å²) in [5, 5.41) is 8.73. The molecular formula is C16H22BN3O2S. The normalized spacial score (nSPS) is 18.7. The Kier molecular flexibility index (Phi) is 4.85. The Balaban J connectivity index is 2.35. The summed E-state index contributed by atoms with van der Waals surface area (Å²) in [6.45, 7) is 4.20. The van der Waals surface area contributed by atoms with E-state index in [-0.39, 0.29) is 17.3 Å². The van der Waals surface area contributed by atoms with Gasteiger partial charge in [-0.1, -0.05) is 0 Å². The van der Waals surface area contributed by atoms with Crippen molar-refractivity contribution in [2.45, 2.75) is 43.8 Å². The Labute approximate surface area is 138 Å². The van der Waals surface area contributed by atoms with Crippen LogP contribution in [0.25, 0.3) is 0 Å². The van der Waals surface area contributed by atoms with Gasteiger partial charge >= 0.3 is 138 Å². The van der Waals surface area contributed by atoms with Gasteiger partial charge in [0.1, 0.15) is 0 Å². The molecule has 1 atom stereocenters. The minimum absolute atomic E-state index is 0.0103. The summed E-state index contributed by atoms with van der Waals surface area (Å²) in [4.78, 5) is 0. The summed E-state index contributed by atoms with van der Waals surface area (Å²) in [6.07, 6.45) is 2.72. The maximum absolute atomic E-state index is 12.9. The Morgan fingerprint density at radius 1 is 1.48 bits per heavy atom. The second kappa shape index (κ2) is 6.36. The van der Waals surface area contributed by atoms with Crippen LogP contribution in [0.3, 0.4) is 0 Å². The van der Waals surface area contributed by atoms with E-state index in [0.29, 0.717) is 5.69 Å². The molecule has 0 aromatic heterocycles. The molecule has 1 aliphatic rings. The van der Waals surface area contributed by atoms with Crippen molar-refractivity contribution in [2.24, 2.45) is 5.73 Å². The Bertz CT molecular complexity index is 779. The summed E-state index contributed by atoms with van der Waals surface area (Å²) in [5.41, 5.74) is 14.6. The standard InChI is InChI=1S/C16H22BN3O2S/c1-16(2,15(20)17-10-18)23(21,22)9-12-5-3-4-11-6-7-13(19)8-14(11)12/h6-8,12H,3-5,9,19-20H2,1-2H3. The van der Waals surface area contributed by atoms with Crippen molar-refractivity contribution < 1.29 is 8.42 Å². The molecular weight excluding hydrogens is 309 g/mol. The van der Waals surface area contributed by atoms with Crippen LogP contribution in [0.1, 0.15) is 43.7 Å². The zero-order chi connectivity index (χ0) is 17.3. The topological polar surface area (TPSA) is 110 Å². The molecule has 5 nitrogen and oxygen atoms in total. The van der Waals surface area contributed by atoms with Gasteiger partial charge in [-0.3, -0.25) is 0 Å². The fourth-order valence-electron chi connectivity index (χ4n) is 2.98. The van der Waals surface area contributed by atoms with Crippen molar-refractivity contribution >= 4 is 28.0 Å². The number of sulfone groups is 1. The quantitative estimate of drug-likeness (QED) is 0.635.